The number of amides is 1. The minimum absolute atomic E-state index is 0.0557. The molecule has 0 unspecified atom stereocenters. The van der Waals surface area contributed by atoms with Crippen LogP contribution < -0.4 is 5.32 Å². The van der Waals surface area contributed by atoms with Crippen molar-refractivity contribution in [1.29, 1.82) is 0 Å². The van der Waals surface area contributed by atoms with Crippen molar-refractivity contribution >= 4 is 11.6 Å². The normalized spacial score (nSPS) is 16.1. The van der Waals surface area contributed by atoms with Crippen LogP contribution in [-0.2, 0) is 10.2 Å². The van der Waals surface area contributed by atoms with Gasteiger partial charge in [-0.05, 0) is 25.8 Å². The number of hydrogen-bond donors (Lipinski definition) is 1. The largest absolute Gasteiger partial charge is 0.325 e. The van der Waals surface area contributed by atoms with Crippen LogP contribution in [0.1, 0.15) is 58.7 Å². The molecule has 0 bridgehead atoms. The van der Waals surface area contributed by atoms with E-state index in [4.69, 9.17) is 0 Å². The summed E-state index contributed by atoms with van der Waals surface area (Å²) in [6.07, 6.45) is 1.82. The highest BCUT2D eigenvalue weighted by molar-refractivity contribution is 6.05. The Morgan fingerprint density at radius 3 is 2.41 bits per heavy atom. The van der Waals surface area contributed by atoms with E-state index in [1.54, 1.807) is 0 Å². The minimum atomic E-state index is -0.447. The Kier molecular flexibility index (Phi) is 3.91. The third-order valence-corrected chi connectivity index (χ3v) is 3.01. The van der Waals surface area contributed by atoms with Crippen LogP contribution in [0, 0.1) is 0 Å². The van der Waals surface area contributed by atoms with Crippen molar-refractivity contribution in [2.45, 2.75) is 52.9 Å². The van der Waals surface area contributed by atoms with E-state index < -0.39 is 5.41 Å². The lowest BCUT2D eigenvalue weighted by Crippen LogP contribution is -2.26. The lowest BCUT2D eigenvalue weighted by Gasteiger charge is -2.14. The summed E-state index contributed by atoms with van der Waals surface area (Å²) in [6, 6.07) is 1.98. The number of rotatable bonds is 1. The first-order valence-electron chi connectivity index (χ1n) is 6.25. The van der Waals surface area contributed by atoms with E-state index in [0.717, 1.165) is 16.9 Å². The summed E-state index contributed by atoms with van der Waals surface area (Å²) >= 11 is 0. The molecule has 0 aromatic carbocycles. The van der Waals surface area contributed by atoms with E-state index in [9.17, 15) is 4.79 Å². The average Bonchev–Trinajstić information content (AvgIpc) is 2.52. The summed E-state index contributed by atoms with van der Waals surface area (Å²) in [5, 5.41) is 2.90. The maximum Gasteiger partial charge on any atom is 0.234 e. The first kappa shape index (κ1) is 13.7. The van der Waals surface area contributed by atoms with Crippen LogP contribution in [0.3, 0.4) is 0 Å². The van der Waals surface area contributed by atoms with Crippen LogP contribution in [0.2, 0.25) is 0 Å². The second kappa shape index (κ2) is 4.86. The predicted octanol–water partition coefficient (Wildman–Crippen LogP) is 3.46. The zero-order valence-electron chi connectivity index (χ0n) is 11.6. The molecule has 0 radical (unpaired) electrons. The number of fused-ring (bicyclic) bond motifs is 1. The molecule has 0 aliphatic carbocycles. The van der Waals surface area contributed by atoms with Crippen LogP contribution >= 0.6 is 0 Å². The molecule has 2 heterocycles. The van der Waals surface area contributed by atoms with Crippen molar-refractivity contribution in [2.75, 3.05) is 5.32 Å². The SMILES string of the molecule is CC.CC(C)c1cc2c(cn1)C(C)(C)C(=O)N2. The van der Waals surface area contributed by atoms with Crippen molar-refractivity contribution in [2.24, 2.45) is 0 Å². The summed E-state index contributed by atoms with van der Waals surface area (Å²) in [5.74, 6) is 0.441. The summed E-state index contributed by atoms with van der Waals surface area (Å²) in [6.45, 7) is 12.0. The molecule has 1 N–H and O–H groups in total. The Bertz CT molecular complexity index is 422. The van der Waals surface area contributed by atoms with Gasteiger partial charge in [-0.15, -0.1) is 0 Å². The van der Waals surface area contributed by atoms with E-state index in [1.807, 2.05) is 40.0 Å². The van der Waals surface area contributed by atoms with Crippen molar-refractivity contribution < 1.29 is 4.79 Å². The molecule has 3 nitrogen and oxygen atoms in total. The third kappa shape index (κ3) is 2.33. The second-order valence-electron chi connectivity index (χ2n) is 4.89. The number of carbonyl (C=O) groups is 1. The number of nitrogens with one attached hydrogen (secondary N) is 1. The van der Waals surface area contributed by atoms with Gasteiger partial charge in [0.05, 0.1) is 5.41 Å². The molecule has 1 aromatic rings. The van der Waals surface area contributed by atoms with Crippen molar-refractivity contribution in [3.63, 3.8) is 0 Å². The molecule has 0 fully saturated rings. The number of aromatic nitrogens is 1. The van der Waals surface area contributed by atoms with E-state index in [-0.39, 0.29) is 5.91 Å². The second-order valence-corrected chi connectivity index (χ2v) is 4.89. The fourth-order valence-corrected chi connectivity index (χ4v) is 1.79. The molecule has 1 aliphatic heterocycles. The van der Waals surface area contributed by atoms with Gasteiger partial charge in [-0.2, -0.15) is 0 Å². The van der Waals surface area contributed by atoms with Gasteiger partial charge in [0.1, 0.15) is 0 Å². The highest BCUT2D eigenvalue weighted by Crippen LogP contribution is 2.37. The maximum absolute atomic E-state index is 11.7. The Morgan fingerprint density at radius 2 is 1.88 bits per heavy atom. The summed E-state index contributed by atoms with van der Waals surface area (Å²) < 4.78 is 0. The summed E-state index contributed by atoms with van der Waals surface area (Å²) in [7, 11) is 0. The van der Waals surface area contributed by atoms with Gasteiger partial charge in [0.25, 0.3) is 0 Å². The Labute approximate surface area is 104 Å². The van der Waals surface area contributed by atoms with Gasteiger partial charge < -0.3 is 5.32 Å². The quantitative estimate of drug-likeness (QED) is 0.808. The van der Waals surface area contributed by atoms with Crippen LogP contribution in [-0.4, -0.2) is 10.9 Å². The van der Waals surface area contributed by atoms with Gasteiger partial charge in [0, 0.05) is 23.1 Å². The number of hydrogen-bond acceptors (Lipinski definition) is 2. The molecule has 17 heavy (non-hydrogen) atoms. The highest BCUT2D eigenvalue weighted by atomic mass is 16.2. The molecule has 3 heteroatoms. The molecule has 1 aliphatic rings. The summed E-state index contributed by atoms with van der Waals surface area (Å²) in [5.41, 5.74) is 2.49. The molecule has 1 amide bonds. The number of anilines is 1. The van der Waals surface area contributed by atoms with Gasteiger partial charge in [-0.25, -0.2) is 0 Å². The van der Waals surface area contributed by atoms with E-state index in [2.05, 4.69) is 24.1 Å². The maximum atomic E-state index is 11.7. The van der Waals surface area contributed by atoms with Crippen LogP contribution in [0.25, 0.3) is 0 Å². The van der Waals surface area contributed by atoms with Gasteiger partial charge in [0.2, 0.25) is 5.91 Å². The van der Waals surface area contributed by atoms with Gasteiger partial charge in [-0.3, -0.25) is 9.78 Å². The third-order valence-electron chi connectivity index (χ3n) is 3.01. The molecule has 0 atom stereocenters. The molecular weight excluding hydrogens is 212 g/mol. The van der Waals surface area contributed by atoms with E-state index in [1.165, 1.54) is 0 Å². The average molecular weight is 234 g/mol. The number of nitrogens with zero attached hydrogens (tertiary/aromatic N) is 1. The molecule has 0 spiro atoms. The van der Waals surface area contributed by atoms with Gasteiger partial charge >= 0.3 is 0 Å². The minimum Gasteiger partial charge on any atom is -0.325 e. The number of pyridine rings is 1. The monoisotopic (exact) mass is 234 g/mol. The van der Waals surface area contributed by atoms with Gasteiger partial charge in [0.15, 0.2) is 0 Å². The van der Waals surface area contributed by atoms with Crippen LogP contribution in [0.4, 0.5) is 5.69 Å². The Balaban J connectivity index is 0.000000686. The Hall–Kier alpha value is -1.38. The molecular formula is C14H22N2O. The topological polar surface area (TPSA) is 42.0 Å². The van der Waals surface area contributed by atoms with Crippen LogP contribution in [0.5, 0.6) is 0 Å². The Morgan fingerprint density at radius 1 is 1.29 bits per heavy atom. The van der Waals surface area contributed by atoms with Gasteiger partial charge in [-0.1, -0.05) is 27.7 Å². The van der Waals surface area contributed by atoms with Crippen molar-refractivity contribution in [3.05, 3.63) is 23.5 Å². The fraction of sp³-hybridized carbons (Fsp3) is 0.571. The zero-order chi connectivity index (χ0) is 13.2. The van der Waals surface area contributed by atoms with Crippen molar-refractivity contribution in [1.82, 2.24) is 4.98 Å². The molecule has 94 valence electrons. The first-order chi connectivity index (χ1) is 7.93. The standard InChI is InChI=1S/C12H16N2O.C2H6/c1-7(2)9-5-10-8(6-13-9)12(3,4)11(15)14-10;1-2/h5-7H,1-4H3,(H,14,15);1-2H3. The van der Waals surface area contributed by atoms with E-state index in [0.29, 0.717) is 5.92 Å². The first-order valence-corrected chi connectivity index (χ1v) is 6.25. The fourth-order valence-electron chi connectivity index (χ4n) is 1.79. The summed E-state index contributed by atoms with van der Waals surface area (Å²) in [4.78, 5) is 16.1. The zero-order valence-corrected chi connectivity index (χ0v) is 11.6. The lowest BCUT2D eigenvalue weighted by atomic mass is 9.87. The van der Waals surface area contributed by atoms with E-state index >= 15 is 0 Å². The molecule has 2 rings (SSSR count). The predicted molar refractivity (Wildman–Crippen MR) is 71.3 cm³/mol. The smallest absolute Gasteiger partial charge is 0.234 e. The van der Waals surface area contributed by atoms with Crippen molar-refractivity contribution in [3.8, 4) is 0 Å². The highest BCUT2D eigenvalue weighted by Gasteiger charge is 2.38. The van der Waals surface area contributed by atoms with Crippen LogP contribution in [0.15, 0.2) is 12.3 Å². The number of carbonyl (C=O) groups excluding carboxylic acids is 1. The lowest BCUT2D eigenvalue weighted by molar-refractivity contribution is -0.119. The molecule has 1 aromatic heterocycles. The molecule has 0 saturated carbocycles. The molecule has 0 saturated heterocycles.